The number of thioether (sulfide) groups is 1. The van der Waals surface area contributed by atoms with Crippen molar-refractivity contribution in [2.45, 2.75) is 11.8 Å². The number of carbonyl (C=O) groups is 1. The molecule has 0 bridgehead atoms. The van der Waals surface area contributed by atoms with Crippen LogP contribution in [0.15, 0.2) is 23.1 Å². The lowest BCUT2D eigenvalue weighted by molar-refractivity contribution is -0.124. The normalized spacial score (nSPS) is 16.8. The molecule has 0 radical (unpaired) electrons. The molecule has 1 aliphatic rings. The average Bonchev–Trinajstić information content (AvgIpc) is 2.33. The highest BCUT2D eigenvalue weighted by Gasteiger charge is 2.33. The van der Waals surface area contributed by atoms with Crippen molar-refractivity contribution in [1.29, 1.82) is 0 Å². The van der Waals surface area contributed by atoms with Crippen LogP contribution in [0.4, 0.5) is 8.78 Å². The van der Waals surface area contributed by atoms with Crippen LogP contribution in [0.3, 0.4) is 0 Å². The maximum Gasteiger partial charge on any atom is 0.230 e. The first-order chi connectivity index (χ1) is 8.98. The van der Waals surface area contributed by atoms with E-state index < -0.39 is 11.6 Å². The topological polar surface area (TPSA) is 38.3 Å². The minimum Gasteiger partial charge on any atom is -0.380 e. The number of nitrogens with one attached hydrogen (secondary N) is 1. The molecule has 1 aromatic rings. The summed E-state index contributed by atoms with van der Waals surface area (Å²) >= 11 is 1.06. The van der Waals surface area contributed by atoms with E-state index in [0.717, 1.165) is 17.8 Å². The Bertz CT molecular complexity index is 478. The van der Waals surface area contributed by atoms with Gasteiger partial charge >= 0.3 is 0 Å². The molecule has 0 aromatic heterocycles. The molecular formula is C13H15F2NO2S. The standard InChI is InChI=1S/C13H15F2NO2S/c1-13(7-18-8-13)6-16-12(17)5-19-11-3-2-9(14)4-10(11)15/h2-4H,5-8H2,1H3,(H,16,17). The molecule has 1 saturated heterocycles. The number of ether oxygens (including phenoxy) is 1. The first-order valence-electron chi connectivity index (χ1n) is 5.91. The molecule has 6 heteroatoms. The number of amides is 1. The Kier molecular flexibility index (Phi) is 4.42. The molecule has 1 amide bonds. The molecule has 1 N–H and O–H groups in total. The van der Waals surface area contributed by atoms with Gasteiger partial charge in [0.2, 0.25) is 5.91 Å². The minimum absolute atomic E-state index is 0.0153. The zero-order chi connectivity index (χ0) is 13.9. The van der Waals surface area contributed by atoms with Gasteiger partial charge in [0.15, 0.2) is 0 Å². The molecule has 1 heterocycles. The Balaban J connectivity index is 1.76. The van der Waals surface area contributed by atoms with Crippen molar-refractivity contribution in [3.05, 3.63) is 29.8 Å². The van der Waals surface area contributed by atoms with Gasteiger partial charge in [0.25, 0.3) is 0 Å². The van der Waals surface area contributed by atoms with Gasteiger partial charge in [-0.25, -0.2) is 8.78 Å². The average molecular weight is 287 g/mol. The summed E-state index contributed by atoms with van der Waals surface area (Å²) in [6, 6.07) is 3.33. The molecule has 1 aromatic carbocycles. The fourth-order valence-corrected chi connectivity index (χ4v) is 2.40. The summed E-state index contributed by atoms with van der Waals surface area (Å²) in [5.41, 5.74) is 0.0153. The Labute approximate surface area is 114 Å². The van der Waals surface area contributed by atoms with Gasteiger partial charge in [0, 0.05) is 22.9 Å². The van der Waals surface area contributed by atoms with E-state index in [2.05, 4.69) is 5.32 Å². The van der Waals surface area contributed by atoms with Gasteiger partial charge in [-0.1, -0.05) is 6.92 Å². The van der Waals surface area contributed by atoms with E-state index in [1.54, 1.807) is 0 Å². The summed E-state index contributed by atoms with van der Waals surface area (Å²) in [6.45, 7) is 3.88. The first kappa shape index (κ1) is 14.3. The van der Waals surface area contributed by atoms with Crippen LogP contribution >= 0.6 is 11.8 Å². The molecule has 0 aliphatic carbocycles. The number of hydrogen-bond donors (Lipinski definition) is 1. The molecule has 19 heavy (non-hydrogen) atoms. The third kappa shape index (κ3) is 3.91. The third-order valence-electron chi connectivity index (χ3n) is 2.87. The van der Waals surface area contributed by atoms with Crippen molar-refractivity contribution in [3.8, 4) is 0 Å². The van der Waals surface area contributed by atoms with Crippen LogP contribution in [-0.2, 0) is 9.53 Å². The van der Waals surface area contributed by atoms with Gasteiger partial charge in [-0.05, 0) is 12.1 Å². The summed E-state index contributed by atoms with van der Waals surface area (Å²) in [7, 11) is 0. The number of hydrogen-bond acceptors (Lipinski definition) is 3. The third-order valence-corrected chi connectivity index (χ3v) is 3.91. The molecule has 0 spiro atoms. The summed E-state index contributed by atoms with van der Waals surface area (Å²) in [6.07, 6.45) is 0. The predicted molar refractivity (Wildman–Crippen MR) is 69.0 cm³/mol. The van der Waals surface area contributed by atoms with Crippen LogP contribution in [0.25, 0.3) is 0 Å². The lowest BCUT2D eigenvalue weighted by atomic mass is 9.89. The lowest BCUT2D eigenvalue weighted by Crippen LogP contribution is -2.48. The summed E-state index contributed by atoms with van der Waals surface area (Å²) in [4.78, 5) is 11.9. The highest BCUT2D eigenvalue weighted by atomic mass is 32.2. The SMILES string of the molecule is CC1(CNC(=O)CSc2ccc(F)cc2F)COC1. The first-order valence-corrected chi connectivity index (χ1v) is 6.89. The van der Waals surface area contributed by atoms with Crippen LogP contribution in [0.2, 0.25) is 0 Å². The fourth-order valence-electron chi connectivity index (χ4n) is 1.65. The second-order valence-corrected chi connectivity index (χ2v) is 5.96. The highest BCUT2D eigenvalue weighted by molar-refractivity contribution is 8.00. The Morgan fingerprint density at radius 2 is 2.21 bits per heavy atom. The molecule has 1 fully saturated rings. The van der Waals surface area contributed by atoms with E-state index in [-0.39, 0.29) is 22.0 Å². The molecule has 2 rings (SSSR count). The van der Waals surface area contributed by atoms with E-state index in [9.17, 15) is 13.6 Å². The molecular weight excluding hydrogens is 272 g/mol. The quantitative estimate of drug-likeness (QED) is 0.844. The van der Waals surface area contributed by atoms with Crippen molar-refractivity contribution >= 4 is 17.7 Å². The number of rotatable bonds is 5. The molecule has 104 valence electrons. The van der Waals surface area contributed by atoms with E-state index in [4.69, 9.17) is 4.74 Å². The monoisotopic (exact) mass is 287 g/mol. The number of benzene rings is 1. The van der Waals surface area contributed by atoms with Crippen LogP contribution in [0, 0.1) is 17.0 Å². The lowest BCUT2D eigenvalue weighted by Gasteiger charge is -2.38. The molecule has 0 unspecified atom stereocenters. The van der Waals surface area contributed by atoms with Crippen LogP contribution in [0.5, 0.6) is 0 Å². The summed E-state index contributed by atoms with van der Waals surface area (Å²) in [5.74, 6) is -1.32. The van der Waals surface area contributed by atoms with E-state index in [0.29, 0.717) is 19.8 Å². The zero-order valence-electron chi connectivity index (χ0n) is 10.5. The molecule has 0 atom stereocenters. The van der Waals surface area contributed by atoms with E-state index >= 15 is 0 Å². The van der Waals surface area contributed by atoms with Gasteiger partial charge in [-0.3, -0.25) is 4.79 Å². The van der Waals surface area contributed by atoms with Crippen molar-refractivity contribution in [2.75, 3.05) is 25.5 Å². The van der Waals surface area contributed by atoms with E-state index in [1.807, 2.05) is 6.92 Å². The molecule has 0 saturated carbocycles. The Morgan fingerprint density at radius 3 is 2.79 bits per heavy atom. The highest BCUT2D eigenvalue weighted by Crippen LogP contribution is 2.25. The summed E-state index contributed by atoms with van der Waals surface area (Å²) < 4.78 is 31.1. The summed E-state index contributed by atoms with van der Waals surface area (Å²) in [5, 5.41) is 2.79. The molecule has 1 aliphatic heterocycles. The minimum atomic E-state index is -0.642. The van der Waals surface area contributed by atoms with Crippen molar-refractivity contribution < 1.29 is 18.3 Å². The second-order valence-electron chi connectivity index (χ2n) is 4.94. The van der Waals surface area contributed by atoms with Gasteiger partial charge in [-0.15, -0.1) is 11.8 Å². The zero-order valence-corrected chi connectivity index (χ0v) is 11.4. The predicted octanol–water partition coefficient (Wildman–Crippen LogP) is 2.21. The maximum atomic E-state index is 13.3. The Morgan fingerprint density at radius 1 is 1.47 bits per heavy atom. The maximum absolute atomic E-state index is 13.3. The van der Waals surface area contributed by atoms with Crippen molar-refractivity contribution in [3.63, 3.8) is 0 Å². The van der Waals surface area contributed by atoms with Gasteiger partial charge in [0.1, 0.15) is 11.6 Å². The van der Waals surface area contributed by atoms with Gasteiger partial charge in [0.05, 0.1) is 19.0 Å². The molecule has 3 nitrogen and oxygen atoms in total. The smallest absolute Gasteiger partial charge is 0.230 e. The second kappa shape index (κ2) is 5.88. The van der Waals surface area contributed by atoms with Gasteiger partial charge in [-0.2, -0.15) is 0 Å². The number of halogens is 2. The Hall–Kier alpha value is -1.14. The van der Waals surface area contributed by atoms with Gasteiger partial charge < -0.3 is 10.1 Å². The van der Waals surface area contributed by atoms with E-state index in [1.165, 1.54) is 12.1 Å². The van der Waals surface area contributed by atoms with Crippen LogP contribution in [-0.4, -0.2) is 31.4 Å². The van der Waals surface area contributed by atoms with Crippen LogP contribution in [0.1, 0.15) is 6.92 Å². The fraction of sp³-hybridized carbons (Fsp3) is 0.462. The van der Waals surface area contributed by atoms with Crippen molar-refractivity contribution in [1.82, 2.24) is 5.32 Å². The van der Waals surface area contributed by atoms with Crippen molar-refractivity contribution in [2.24, 2.45) is 5.41 Å². The van der Waals surface area contributed by atoms with Crippen LogP contribution < -0.4 is 5.32 Å². The number of carbonyl (C=O) groups excluding carboxylic acids is 1. The largest absolute Gasteiger partial charge is 0.380 e.